The number of hydrogen-bond acceptors (Lipinski definition) is 4. The summed E-state index contributed by atoms with van der Waals surface area (Å²) in [5.74, 6) is 0.599. The maximum atomic E-state index is 3.89. The van der Waals surface area contributed by atoms with Gasteiger partial charge >= 0.3 is 0 Å². The van der Waals surface area contributed by atoms with Gasteiger partial charge < -0.3 is 5.32 Å². The van der Waals surface area contributed by atoms with E-state index in [2.05, 4.69) is 34.7 Å². The lowest BCUT2D eigenvalue weighted by Crippen LogP contribution is -2.10. The number of anilines is 1. The Labute approximate surface area is 94.5 Å². The molecule has 0 saturated heterocycles. The fourth-order valence-corrected chi connectivity index (χ4v) is 1.41. The number of tetrazole rings is 1. The number of nitrogens with one attached hydrogen (secondary N) is 1. The van der Waals surface area contributed by atoms with Crippen LogP contribution < -0.4 is 5.32 Å². The molecule has 2 aromatic rings. The van der Waals surface area contributed by atoms with Crippen molar-refractivity contribution in [1.29, 1.82) is 0 Å². The number of aromatic nitrogens is 4. The van der Waals surface area contributed by atoms with E-state index in [0.717, 1.165) is 17.9 Å². The second-order valence-electron chi connectivity index (χ2n) is 4.05. The van der Waals surface area contributed by atoms with Crippen molar-refractivity contribution in [3.63, 3.8) is 0 Å². The van der Waals surface area contributed by atoms with Gasteiger partial charge in [0.15, 0.2) is 0 Å². The van der Waals surface area contributed by atoms with Gasteiger partial charge in [0.05, 0.1) is 11.4 Å². The molecule has 16 heavy (non-hydrogen) atoms. The molecule has 5 nitrogen and oxygen atoms in total. The Hall–Kier alpha value is -1.91. The first-order valence-electron chi connectivity index (χ1n) is 5.33. The molecule has 0 atom stereocenters. The van der Waals surface area contributed by atoms with Gasteiger partial charge in [0.25, 0.3) is 0 Å². The van der Waals surface area contributed by atoms with E-state index in [1.165, 1.54) is 0 Å². The fourth-order valence-electron chi connectivity index (χ4n) is 1.41. The molecule has 2 rings (SSSR count). The molecular formula is C11H15N5. The van der Waals surface area contributed by atoms with Crippen molar-refractivity contribution in [2.45, 2.75) is 13.8 Å². The van der Waals surface area contributed by atoms with Gasteiger partial charge in [-0.2, -0.15) is 4.68 Å². The van der Waals surface area contributed by atoms with E-state index >= 15 is 0 Å². The van der Waals surface area contributed by atoms with Crippen LogP contribution in [0.4, 0.5) is 5.69 Å². The van der Waals surface area contributed by atoms with Gasteiger partial charge in [0.2, 0.25) is 0 Å². The zero-order chi connectivity index (χ0) is 11.4. The molecule has 0 aliphatic rings. The zero-order valence-corrected chi connectivity index (χ0v) is 9.46. The molecule has 1 N–H and O–H groups in total. The normalized spacial score (nSPS) is 10.7. The summed E-state index contributed by atoms with van der Waals surface area (Å²) in [5, 5.41) is 14.6. The summed E-state index contributed by atoms with van der Waals surface area (Å²) in [6.45, 7) is 5.28. The third-order valence-electron chi connectivity index (χ3n) is 2.20. The maximum Gasteiger partial charge on any atom is 0.143 e. The van der Waals surface area contributed by atoms with E-state index in [9.17, 15) is 0 Å². The van der Waals surface area contributed by atoms with Crippen LogP contribution in [0.25, 0.3) is 5.69 Å². The lowest BCUT2D eigenvalue weighted by atomic mass is 10.2. The zero-order valence-electron chi connectivity index (χ0n) is 9.46. The molecule has 0 aliphatic heterocycles. The van der Waals surface area contributed by atoms with Crippen LogP contribution in [0.1, 0.15) is 13.8 Å². The molecule has 0 fully saturated rings. The maximum absolute atomic E-state index is 3.89. The topological polar surface area (TPSA) is 55.6 Å². The van der Waals surface area contributed by atoms with Gasteiger partial charge in [-0.05, 0) is 28.5 Å². The van der Waals surface area contributed by atoms with Gasteiger partial charge in [-0.25, -0.2) is 0 Å². The van der Waals surface area contributed by atoms with Crippen molar-refractivity contribution in [2.75, 3.05) is 11.9 Å². The van der Waals surface area contributed by atoms with E-state index in [0.29, 0.717) is 5.92 Å². The predicted molar refractivity (Wildman–Crippen MR) is 62.5 cm³/mol. The van der Waals surface area contributed by atoms with E-state index in [-0.39, 0.29) is 0 Å². The highest BCUT2D eigenvalue weighted by Crippen LogP contribution is 2.18. The number of nitrogens with zero attached hydrogens (tertiary/aromatic N) is 4. The van der Waals surface area contributed by atoms with E-state index in [1.807, 2.05) is 24.3 Å². The minimum atomic E-state index is 0.599. The Morgan fingerprint density at radius 3 is 2.81 bits per heavy atom. The summed E-state index contributed by atoms with van der Waals surface area (Å²) in [6, 6.07) is 7.98. The smallest absolute Gasteiger partial charge is 0.143 e. The molecule has 0 saturated carbocycles. The van der Waals surface area contributed by atoms with Crippen molar-refractivity contribution in [2.24, 2.45) is 5.92 Å². The minimum absolute atomic E-state index is 0.599. The Morgan fingerprint density at radius 1 is 1.31 bits per heavy atom. The first-order valence-corrected chi connectivity index (χ1v) is 5.33. The average molecular weight is 217 g/mol. The lowest BCUT2D eigenvalue weighted by Gasteiger charge is -2.12. The summed E-state index contributed by atoms with van der Waals surface area (Å²) < 4.78 is 1.66. The molecule has 0 spiro atoms. The summed E-state index contributed by atoms with van der Waals surface area (Å²) in [7, 11) is 0. The third kappa shape index (κ3) is 2.36. The van der Waals surface area contributed by atoms with Crippen LogP contribution in [-0.2, 0) is 0 Å². The quantitative estimate of drug-likeness (QED) is 0.847. The second-order valence-corrected chi connectivity index (χ2v) is 4.05. The molecule has 5 heteroatoms. The Bertz CT molecular complexity index is 435. The Morgan fingerprint density at radius 2 is 2.12 bits per heavy atom. The van der Waals surface area contributed by atoms with Gasteiger partial charge in [-0.15, -0.1) is 5.10 Å². The summed E-state index contributed by atoms with van der Waals surface area (Å²) in [6.07, 6.45) is 1.59. The number of hydrogen-bond donors (Lipinski definition) is 1. The highest BCUT2D eigenvalue weighted by molar-refractivity contribution is 5.60. The predicted octanol–water partition coefficient (Wildman–Crippen LogP) is 1.73. The Kier molecular flexibility index (Phi) is 3.14. The second kappa shape index (κ2) is 4.74. The summed E-state index contributed by atoms with van der Waals surface area (Å²) in [5.41, 5.74) is 2.01. The molecule has 84 valence electrons. The van der Waals surface area contributed by atoms with Gasteiger partial charge in [-0.3, -0.25) is 0 Å². The van der Waals surface area contributed by atoms with E-state index in [4.69, 9.17) is 0 Å². The SMILES string of the molecule is CC(C)CNc1ccccc1-n1cnnn1. The van der Waals surface area contributed by atoms with Crippen molar-refractivity contribution >= 4 is 5.69 Å². The molecule has 1 aromatic carbocycles. The summed E-state index contributed by atoms with van der Waals surface area (Å²) in [4.78, 5) is 0. The van der Waals surface area contributed by atoms with Gasteiger partial charge in [0.1, 0.15) is 6.33 Å². The average Bonchev–Trinajstić information content (AvgIpc) is 2.80. The number of benzene rings is 1. The first-order chi connectivity index (χ1) is 7.77. The standard InChI is InChI=1S/C11H15N5/c1-9(2)7-12-10-5-3-4-6-11(10)16-8-13-14-15-16/h3-6,8-9,12H,7H2,1-2H3. The van der Waals surface area contributed by atoms with Crippen LogP contribution >= 0.6 is 0 Å². The van der Waals surface area contributed by atoms with Crippen molar-refractivity contribution in [1.82, 2.24) is 20.2 Å². The molecular weight excluding hydrogens is 202 g/mol. The number of para-hydroxylation sites is 2. The van der Waals surface area contributed by atoms with E-state index < -0.39 is 0 Å². The molecule has 1 aromatic heterocycles. The minimum Gasteiger partial charge on any atom is -0.383 e. The molecule has 0 unspecified atom stereocenters. The van der Waals surface area contributed by atoms with Crippen LogP contribution in [0, 0.1) is 5.92 Å². The van der Waals surface area contributed by atoms with Gasteiger partial charge in [0, 0.05) is 6.54 Å². The first kappa shape index (κ1) is 10.6. The van der Waals surface area contributed by atoms with Crippen molar-refractivity contribution < 1.29 is 0 Å². The molecule has 0 bridgehead atoms. The number of rotatable bonds is 4. The molecule has 0 radical (unpaired) electrons. The van der Waals surface area contributed by atoms with Crippen LogP contribution in [-0.4, -0.2) is 26.8 Å². The molecule has 1 heterocycles. The van der Waals surface area contributed by atoms with Crippen LogP contribution in [0.15, 0.2) is 30.6 Å². The highest BCUT2D eigenvalue weighted by Gasteiger charge is 2.04. The van der Waals surface area contributed by atoms with Crippen molar-refractivity contribution in [3.8, 4) is 5.69 Å². The fraction of sp³-hybridized carbons (Fsp3) is 0.364. The van der Waals surface area contributed by atoms with Crippen LogP contribution in [0.5, 0.6) is 0 Å². The monoisotopic (exact) mass is 217 g/mol. The van der Waals surface area contributed by atoms with Gasteiger partial charge in [-0.1, -0.05) is 26.0 Å². The van der Waals surface area contributed by atoms with Crippen LogP contribution in [0.3, 0.4) is 0 Å². The molecule has 0 amide bonds. The highest BCUT2D eigenvalue weighted by atomic mass is 15.5. The van der Waals surface area contributed by atoms with Crippen molar-refractivity contribution in [3.05, 3.63) is 30.6 Å². The molecule has 0 aliphatic carbocycles. The largest absolute Gasteiger partial charge is 0.383 e. The summed E-state index contributed by atoms with van der Waals surface area (Å²) >= 11 is 0. The third-order valence-corrected chi connectivity index (χ3v) is 2.20. The Balaban J connectivity index is 2.24. The van der Waals surface area contributed by atoms with Crippen LogP contribution in [0.2, 0.25) is 0 Å². The van der Waals surface area contributed by atoms with E-state index in [1.54, 1.807) is 11.0 Å². The lowest BCUT2D eigenvalue weighted by molar-refractivity contribution is 0.687.